The number of carbonyl (C=O) groups is 1. The highest BCUT2D eigenvalue weighted by Crippen LogP contribution is 2.26. The zero-order valence-electron chi connectivity index (χ0n) is 10.1. The van der Waals surface area contributed by atoms with E-state index in [0.717, 1.165) is 24.3 Å². The van der Waals surface area contributed by atoms with Crippen molar-refractivity contribution in [3.63, 3.8) is 0 Å². The van der Waals surface area contributed by atoms with E-state index in [9.17, 15) is 9.18 Å². The molecule has 0 spiro atoms. The molecule has 98 valence electrons. The standard InChI is InChI=1S/C14H16ClFOS/c15-13-3-1-2-11(14(13)16)9-12(17)8-10-4-6-18-7-5-10/h1-3,10H,4-9H2. The molecule has 1 fully saturated rings. The molecule has 1 aliphatic rings. The molecule has 1 aromatic carbocycles. The van der Waals surface area contributed by atoms with Crippen LogP contribution in [0.5, 0.6) is 0 Å². The molecule has 4 heteroatoms. The van der Waals surface area contributed by atoms with Crippen LogP contribution < -0.4 is 0 Å². The van der Waals surface area contributed by atoms with Crippen LogP contribution in [-0.2, 0) is 11.2 Å². The van der Waals surface area contributed by atoms with Gasteiger partial charge in [0.15, 0.2) is 0 Å². The van der Waals surface area contributed by atoms with Gasteiger partial charge in [-0.05, 0) is 41.9 Å². The molecule has 0 radical (unpaired) electrons. The summed E-state index contributed by atoms with van der Waals surface area (Å²) in [5.41, 5.74) is 0.415. The van der Waals surface area contributed by atoms with Gasteiger partial charge in [-0.1, -0.05) is 23.7 Å². The van der Waals surface area contributed by atoms with E-state index >= 15 is 0 Å². The summed E-state index contributed by atoms with van der Waals surface area (Å²) in [7, 11) is 0. The molecule has 1 aromatic rings. The molecule has 1 nitrogen and oxygen atoms in total. The fourth-order valence-electron chi connectivity index (χ4n) is 2.24. The average molecular weight is 287 g/mol. The van der Waals surface area contributed by atoms with Gasteiger partial charge in [0.1, 0.15) is 11.6 Å². The summed E-state index contributed by atoms with van der Waals surface area (Å²) in [5, 5.41) is 0.0920. The highest BCUT2D eigenvalue weighted by molar-refractivity contribution is 7.99. The largest absolute Gasteiger partial charge is 0.299 e. The number of rotatable bonds is 4. The van der Waals surface area contributed by atoms with Crippen molar-refractivity contribution >= 4 is 29.1 Å². The molecule has 0 aliphatic carbocycles. The number of Topliss-reactive ketones (excluding diaryl/α,β-unsaturated/α-hetero) is 1. The Balaban J connectivity index is 1.92. The second kappa shape index (κ2) is 6.58. The summed E-state index contributed by atoms with van der Waals surface area (Å²) in [6.07, 6.45) is 2.95. The molecule has 0 aromatic heterocycles. The second-order valence-corrected chi connectivity index (χ2v) is 6.32. The summed E-state index contributed by atoms with van der Waals surface area (Å²) in [5.74, 6) is 2.44. The Morgan fingerprint density at radius 1 is 1.39 bits per heavy atom. The molecule has 1 heterocycles. The van der Waals surface area contributed by atoms with E-state index in [-0.39, 0.29) is 17.2 Å². The van der Waals surface area contributed by atoms with Gasteiger partial charge in [0.2, 0.25) is 0 Å². The van der Waals surface area contributed by atoms with Crippen molar-refractivity contribution in [3.05, 3.63) is 34.6 Å². The van der Waals surface area contributed by atoms with Crippen LogP contribution >= 0.6 is 23.4 Å². The Bertz CT molecular complexity index is 430. The molecule has 1 saturated heterocycles. The van der Waals surface area contributed by atoms with Crippen LogP contribution in [0.3, 0.4) is 0 Å². The van der Waals surface area contributed by atoms with Gasteiger partial charge in [-0.15, -0.1) is 0 Å². The number of hydrogen-bond donors (Lipinski definition) is 0. The molecule has 18 heavy (non-hydrogen) atoms. The molecule has 0 unspecified atom stereocenters. The first-order valence-electron chi connectivity index (χ1n) is 6.19. The third-order valence-corrected chi connectivity index (χ3v) is 4.62. The maximum absolute atomic E-state index is 13.7. The van der Waals surface area contributed by atoms with Crippen molar-refractivity contribution < 1.29 is 9.18 Å². The van der Waals surface area contributed by atoms with E-state index in [0.29, 0.717) is 17.9 Å². The quantitative estimate of drug-likeness (QED) is 0.828. The topological polar surface area (TPSA) is 17.1 Å². The molecule has 0 saturated carbocycles. The molecule has 0 amide bonds. The first-order chi connectivity index (χ1) is 8.66. The number of ketones is 1. The predicted octanol–water partition coefficient (Wildman–Crippen LogP) is 4.12. The van der Waals surface area contributed by atoms with Crippen molar-refractivity contribution in [2.45, 2.75) is 25.7 Å². The number of carbonyl (C=O) groups excluding carboxylic acids is 1. The molecule has 0 atom stereocenters. The minimum atomic E-state index is -0.452. The van der Waals surface area contributed by atoms with Crippen LogP contribution in [-0.4, -0.2) is 17.3 Å². The fourth-order valence-corrected chi connectivity index (χ4v) is 3.64. The summed E-state index contributed by atoms with van der Waals surface area (Å²) >= 11 is 7.65. The Morgan fingerprint density at radius 3 is 2.83 bits per heavy atom. The summed E-state index contributed by atoms with van der Waals surface area (Å²) in [6, 6.07) is 4.82. The van der Waals surface area contributed by atoms with Crippen LogP contribution in [0.25, 0.3) is 0 Å². The first-order valence-corrected chi connectivity index (χ1v) is 7.72. The molecule has 0 N–H and O–H groups in total. The highest BCUT2D eigenvalue weighted by atomic mass is 35.5. The van der Waals surface area contributed by atoms with Gasteiger partial charge in [-0.25, -0.2) is 4.39 Å². The first kappa shape index (κ1) is 13.9. The molecular formula is C14H16ClFOS. The lowest BCUT2D eigenvalue weighted by Gasteiger charge is -2.20. The van der Waals surface area contributed by atoms with Gasteiger partial charge in [-0.2, -0.15) is 11.8 Å². The van der Waals surface area contributed by atoms with Gasteiger partial charge in [0, 0.05) is 12.8 Å². The normalized spacial score (nSPS) is 16.8. The van der Waals surface area contributed by atoms with Gasteiger partial charge >= 0.3 is 0 Å². The van der Waals surface area contributed by atoms with E-state index in [1.54, 1.807) is 12.1 Å². The average Bonchev–Trinajstić information content (AvgIpc) is 2.36. The lowest BCUT2D eigenvalue weighted by Crippen LogP contribution is -2.16. The fraction of sp³-hybridized carbons (Fsp3) is 0.500. The predicted molar refractivity (Wildman–Crippen MR) is 74.8 cm³/mol. The summed E-state index contributed by atoms with van der Waals surface area (Å²) in [4.78, 5) is 11.9. The lowest BCUT2D eigenvalue weighted by atomic mass is 9.94. The number of benzene rings is 1. The summed E-state index contributed by atoms with van der Waals surface area (Å²) in [6.45, 7) is 0. The van der Waals surface area contributed by atoms with Crippen molar-refractivity contribution in [2.75, 3.05) is 11.5 Å². The third kappa shape index (κ3) is 3.72. The smallest absolute Gasteiger partial charge is 0.145 e. The zero-order valence-corrected chi connectivity index (χ0v) is 11.7. The van der Waals surface area contributed by atoms with E-state index < -0.39 is 5.82 Å². The molecule has 1 aliphatic heterocycles. The molecule has 0 bridgehead atoms. The summed E-state index contributed by atoms with van der Waals surface area (Å²) < 4.78 is 13.7. The Labute approximate surface area is 116 Å². The van der Waals surface area contributed by atoms with Gasteiger partial charge < -0.3 is 0 Å². The minimum absolute atomic E-state index is 0.0920. The van der Waals surface area contributed by atoms with Crippen molar-refractivity contribution in [1.29, 1.82) is 0 Å². The van der Waals surface area contributed by atoms with Crippen LogP contribution in [0.4, 0.5) is 4.39 Å². The van der Waals surface area contributed by atoms with Crippen LogP contribution in [0, 0.1) is 11.7 Å². The van der Waals surface area contributed by atoms with Gasteiger partial charge in [0.05, 0.1) is 5.02 Å². The van der Waals surface area contributed by atoms with E-state index in [2.05, 4.69) is 0 Å². The van der Waals surface area contributed by atoms with Crippen molar-refractivity contribution in [3.8, 4) is 0 Å². The third-order valence-electron chi connectivity index (χ3n) is 3.28. The molecule has 2 rings (SSSR count). The molecular weight excluding hydrogens is 271 g/mol. The van der Waals surface area contributed by atoms with Gasteiger partial charge in [0.25, 0.3) is 0 Å². The van der Waals surface area contributed by atoms with Crippen molar-refractivity contribution in [2.24, 2.45) is 5.92 Å². The monoisotopic (exact) mass is 286 g/mol. The van der Waals surface area contributed by atoms with E-state index in [1.807, 2.05) is 11.8 Å². The Hall–Kier alpha value is -0.540. The Kier molecular flexibility index (Phi) is 5.07. The maximum atomic E-state index is 13.7. The number of halogens is 2. The Morgan fingerprint density at radius 2 is 2.11 bits per heavy atom. The zero-order chi connectivity index (χ0) is 13.0. The van der Waals surface area contributed by atoms with Crippen LogP contribution in [0.15, 0.2) is 18.2 Å². The van der Waals surface area contributed by atoms with Crippen LogP contribution in [0.1, 0.15) is 24.8 Å². The van der Waals surface area contributed by atoms with Crippen molar-refractivity contribution in [1.82, 2.24) is 0 Å². The lowest BCUT2D eigenvalue weighted by molar-refractivity contribution is -0.119. The van der Waals surface area contributed by atoms with E-state index in [4.69, 9.17) is 11.6 Å². The van der Waals surface area contributed by atoms with Gasteiger partial charge in [-0.3, -0.25) is 4.79 Å². The maximum Gasteiger partial charge on any atom is 0.145 e. The minimum Gasteiger partial charge on any atom is -0.299 e. The second-order valence-electron chi connectivity index (χ2n) is 4.69. The number of thioether (sulfide) groups is 1. The number of hydrogen-bond acceptors (Lipinski definition) is 2. The van der Waals surface area contributed by atoms with E-state index in [1.165, 1.54) is 6.07 Å². The highest BCUT2D eigenvalue weighted by Gasteiger charge is 2.18. The van der Waals surface area contributed by atoms with Crippen LogP contribution in [0.2, 0.25) is 5.02 Å². The SMILES string of the molecule is O=C(Cc1cccc(Cl)c1F)CC1CCSCC1.